The van der Waals surface area contributed by atoms with Gasteiger partial charge in [0.15, 0.2) is 0 Å². The van der Waals surface area contributed by atoms with Crippen molar-refractivity contribution in [2.24, 2.45) is 5.92 Å². The number of rotatable bonds is 4. The zero-order chi connectivity index (χ0) is 14.2. The van der Waals surface area contributed by atoms with Gasteiger partial charge < -0.3 is 14.4 Å². The molecule has 0 radical (unpaired) electrons. The van der Waals surface area contributed by atoms with Crippen LogP contribution in [0.25, 0.3) is 0 Å². The first-order valence-corrected chi connectivity index (χ1v) is 8.56. The molecule has 1 aliphatic heterocycles. The molecule has 3 atom stereocenters. The number of allylic oxidation sites excluding steroid dienone is 1. The highest BCUT2D eigenvalue weighted by molar-refractivity contribution is 5.94. The van der Waals surface area contributed by atoms with Crippen molar-refractivity contribution < 1.29 is 14.3 Å². The van der Waals surface area contributed by atoms with Crippen molar-refractivity contribution in [1.82, 2.24) is 4.90 Å². The smallest absolute Gasteiger partial charge is 0.249 e. The molecule has 4 nitrogen and oxygen atoms in total. The van der Waals surface area contributed by atoms with Gasteiger partial charge in [-0.2, -0.15) is 0 Å². The number of hydrogen-bond acceptors (Lipinski definition) is 3. The number of ether oxygens (including phenoxy) is 2. The van der Waals surface area contributed by atoms with Crippen LogP contribution in [0.5, 0.6) is 0 Å². The minimum absolute atomic E-state index is 0.100. The van der Waals surface area contributed by atoms with Crippen LogP contribution in [-0.4, -0.2) is 48.8 Å². The van der Waals surface area contributed by atoms with Gasteiger partial charge in [0, 0.05) is 18.7 Å². The Bertz CT molecular complexity index is 443. The Labute approximate surface area is 126 Å². The summed E-state index contributed by atoms with van der Waals surface area (Å²) >= 11 is 0. The molecule has 4 aliphatic rings. The van der Waals surface area contributed by atoms with Crippen molar-refractivity contribution >= 4 is 5.91 Å². The van der Waals surface area contributed by atoms with E-state index >= 15 is 0 Å². The zero-order valence-electron chi connectivity index (χ0n) is 12.6. The van der Waals surface area contributed by atoms with Crippen molar-refractivity contribution in [3.63, 3.8) is 0 Å². The lowest BCUT2D eigenvalue weighted by Crippen LogP contribution is -2.54. The molecule has 2 saturated carbocycles. The second kappa shape index (κ2) is 5.73. The molecule has 0 aromatic heterocycles. The molecule has 4 heteroatoms. The molecule has 0 unspecified atom stereocenters. The third kappa shape index (κ3) is 2.76. The lowest BCUT2D eigenvalue weighted by molar-refractivity contribution is -0.148. The van der Waals surface area contributed by atoms with Crippen LogP contribution in [0.2, 0.25) is 0 Å². The largest absolute Gasteiger partial charge is 0.375 e. The Balaban J connectivity index is 1.41. The number of amides is 1. The van der Waals surface area contributed by atoms with Crippen LogP contribution in [0.4, 0.5) is 0 Å². The summed E-state index contributed by atoms with van der Waals surface area (Å²) in [5.74, 6) is 1.04. The van der Waals surface area contributed by atoms with Gasteiger partial charge in [-0.1, -0.05) is 6.08 Å². The van der Waals surface area contributed by atoms with Crippen LogP contribution < -0.4 is 0 Å². The fourth-order valence-corrected chi connectivity index (χ4v) is 3.94. The standard InChI is InChI=1S/C17H25NO3/c19-17(13-3-1-2-4-13)18-9-10-20-16-14(18)7-8-15(16)21-11-12-5-6-12/h3,12,14-16H,1-2,4-11H2/t14-,15+,16+/m0/s1. The summed E-state index contributed by atoms with van der Waals surface area (Å²) in [7, 11) is 0. The van der Waals surface area contributed by atoms with Crippen LogP contribution in [0.15, 0.2) is 11.6 Å². The summed E-state index contributed by atoms with van der Waals surface area (Å²) in [6, 6.07) is 0.233. The lowest BCUT2D eigenvalue weighted by atomic mass is 10.1. The van der Waals surface area contributed by atoms with E-state index in [0.29, 0.717) is 6.61 Å². The van der Waals surface area contributed by atoms with E-state index in [1.54, 1.807) is 0 Å². The Hall–Kier alpha value is -0.870. The third-order valence-electron chi connectivity index (χ3n) is 5.35. The molecule has 3 aliphatic carbocycles. The van der Waals surface area contributed by atoms with Crippen LogP contribution >= 0.6 is 0 Å². The monoisotopic (exact) mass is 291 g/mol. The van der Waals surface area contributed by atoms with Crippen molar-refractivity contribution in [3.05, 3.63) is 11.6 Å². The maximum absolute atomic E-state index is 12.7. The molecule has 0 aromatic carbocycles. The van der Waals surface area contributed by atoms with Crippen LogP contribution in [0.3, 0.4) is 0 Å². The minimum Gasteiger partial charge on any atom is -0.375 e. The predicted octanol–water partition coefficient (Wildman–Crippen LogP) is 2.28. The molecule has 0 aromatic rings. The second-order valence-electron chi connectivity index (χ2n) is 6.92. The van der Waals surface area contributed by atoms with E-state index in [1.807, 2.05) is 0 Å². The number of fused-ring (bicyclic) bond motifs is 1. The van der Waals surface area contributed by atoms with Crippen LogP contribution in [0.1, 0.15) is 44.9 Å². The highest BCUT2D eigenvalue weighted by atomic mass is 16.5. The molecule has 4 rings (SSSR count). The molecule has 0 bridgehead atoms. The summed E-state index contributed by atoms with van der Waals surface area (Å²) in [6.45, 7) is 2.28. The first kappa shape index (κ1) is 13.8. The number of nitrogens with zero attached hydrogens (tertiary/aromatic N) is 1. The van der Waals surface area contributed by atoms with E-state index in [-0.39, 0.29) is 24.2 Å². The molecule has 116 valence electrons. The Morgan fingerprint density at radius 1 is 1.33 bits per heavy atom. The van der Waals surface area contributed by atoms with E-state index in [0.717, 1.165) is 56.7 Å². The average Bonchev–Trinajstić information content (AvgIpc) is 3.03. The van der Waals surface area contributed by atoms with Gasteiger partial charge in [-0.05, 0) is 50.9 Å². The molecule has 21 heavy (non-hydrogen) atoms. The van der Waals surface area contributed by atoms with Crippen LogP contribution in [0, 0.1) is 5.92 Å². The summed E-state index contributed by atoms with van der Waals surface area (Å²) in [5, 5.41) is 0. The number of morpholine rings is 1. The van der Waals surface area contributed by atoms with Gasteiger partial charge in [0.25, 0.3) is 0 Å². The van der Waals surface area contributed by atoms with Crippen molar-refractivity contribution in [1.29, 1.82) is 0 Å². The quantitative estimate of drug-likeness (QED) is 0.797. The maximum atomic E-state index is 12.7. The number of carbonyl (C=O) groups is 1. The van der Waals surface area contributed by atoms with E-state index in [4.69, 9.17) is 9.47 Å². The van der Waals surface area contributed by atoms with Gasteiger partial charge >= 0.3 is 0 Å². The van der Waals surface area contributed by atoms with Crippen molar-refractivity contribution in [2.45, 2.75) is 63.2 Å². The Morgan fingerprint density at radius 3 is 3.00 bits per heavy atom. The first-order valence-electron chi connectivity index (χ1n) is 8.56. The third-order valence-corrected chi connectivity index (χ3v) is 5.35. The maximum Gasteiger partial charge on any atom is 0.249 e. The van der Waals surface area contributed by atoms with E-state index in [2.05, 4.69) is 11.0 Å². The van der Waals surface area contributed by atoms with Gasteiger partial charge in [0.05, 0.1) is 18.8 Å². The summed E-state index contributed by atoms with van der Waals surface area (Å²) in [4.78, 5) is 14.8. The normalized spacial score (nSPS) is 35.7. The zero-order valence-corrected chi connectivity index (χ0v) is 12.6. The molecule has 1 saturated heterocycles. The Morgan fingerprint density at radius 2 is 2.24 bits per heavy atom. The van der Waals surface area contributed by atoms with Gasteiger partial charge in [-0.15, -0.1) is 0 Å². The highest BCUT2D eigenvalue weighted by Crippen LogP contribution is 2.36. The summed E-state index contributed by atoms with van der Waals surface area (Å²) < 4.78 is 12.0. The predicted molar refractivity (Wildman–Crippen MR) is 78.9 cm³/mol. The summed E-state index contributed by atoms with van der Waals surface area (Å²) in [5.41, 5.74) is 1.03. The first-order chi connectivity index (χ1) is 10.3. The van der Waals surface area contributed by atoms with E-state index in [9.17, 15) is 4.79 Å². The lowest BCUT2D eigenvalue weighted by Gasteiger charge is -2.39. The van der Waals surface area contributed by atoms with Gasteiger partial charge in [0.2, 0.25) is 5.91 Å². The highest BCUT2D eigenvalue weighted by Gasteiger charge is 2.45. The molecule has 0 spiro atoms. The van der Waals surface area contributed by atoms with Gasteiger partial charge in [0.1, 0.15) is 6.10 Å². The fourth-order valence-electron chi connectivity index (χ4n) is 3.94. The topological polar surface area (TPSA) is 38.8 Å². The number of carbonyl (C=O) groups excluding carboxylic acids is 1. The van der Waals surface area contributed by atoms with Crippen molar-refractivity contribution in [3.8, 4) is 0 Å². The molecule has 1 amide bonds. The summed E-state index contributed by atoms with van der Waals surface area (Å²) in [6.07, 6.45) is 10.3. The van der Waals surface area contributed by atoms with E-state index in [1.165, 1.54) is 12.8 Å². The number of hydrogen-bond donors (Lipinski definition) is 0. The average molecular weight is 291 g/mol. The molecular formula is C17H25NO3. The van der Waals surface area contributed by atoms with Gasteiger partial charge in [-0.25, -0.2) is 0 Å². The molecule has 1 heterocycles. The minimum atomic E-state index is 0.100. The van der Waals surface area contributed by atoms with E-state index < -0.39 is 0 Å². The van der Waals surface area contributed by atoms with Crippen molar-refractivity contribution in [2.75, 3.05) is 19.8 Å². The Kier molecular flexibility index (Phi) is 3.76. The SMILES string of the molecule is O=C(C1=CCCC1)N1CCO[C@H]2[C@H](OCC3CC3)CC[C@@H]21. The molecule has 0 N–H and O–H groups in total. The fraction of sp³-hybridized carbons (Fsp3) is 0.824. The molecular weight excluding hydrogens is 266 g/mol. The molecule has 3 fully saturated rings. The van der Waals surface area contributed by atoms with Gasteiger partial charge in [-0.3, -0.25) is 4.79 Å². The second-order valence-corrected chi connectivity index (χ2v) is 6.92. The van der Waals surface area contributed by atoms with Crippen LogP contribution in [-0.2, 0) is 14.3 Å².